The molecule has 2 aromatic rings. The molecule has 32 heavy (non-hydrogen) atoms. The third-order valence-electron chi connectivity index (χ3n) is 3.78. The number of hydrogen-bond donors (Lipinski definition) is 1. The van der Waals surface area contributed by atoms with Gasteiger partial charge in [-0.2, -0.15) is 8.42 Å². The van der Waals surface area contributed by atoms with Gasteiger partial charge in [-0.05, 0) is 18.2 Å². The molecule has 172 valence electrons. The fourth-order valence-electron chi connectivity index (χ4n) is 2.31. The summed E-state index contributed by atoms with van der Waals surface area (Å²) in [4.78, 5) is 41.3. The van der Waals surface area contributed by atoms with Crippen molar-refractivity contribution < 1.29 is 36.4 Å². The van der Waals surface area contributed by atoms with Crippen LogP contribution < -0.4 is 9.74 Å². The summed E-state index contributed by atoms with van der Waals surface area (Å²) in [6.45, 7) is 1.77. The summed E-state index contributed by atoms with van der Waals surface area (Å²) in [5.41, 5.74) is -1.54. The quantitative estimate of drug-likeness (QED) is 0.220. The third-order valence-corrected chi connectivity index (χ3v) is 5.01. The number of rotatable bonds is 11. The molecule has 12 heteroatoms. The Morgan fingerprint density at radius 3 is 2.47 bits per heavy atom. The molecule has 0 unspecified atom stereocenters. The Kier molecular flexibility index (Phi) is 9.10. The van der Waals surface area contributed by atoms with Gasteiger partial charge < -0.3 is 23.4 Å². The molecule has 0 bridgehead atoms. The lowest BCUT2D eigenvalue weighted by molar-refractivity contribution is -0.139. The molecule has 0 aliphatic heterocycles. The number of nitrogens with zero attached hydrogens (tertiary/aromatic N) is 1. The minimum atomic E-state index is -4.38. The number of nitrogens with one attached hydrogen (secondary N) is 1. The first-order valence-electron chi connectivity index (χ1n) is 9.31. The zero-order chi connectivity index (χ0) is 23.6. The SMILES string of the molecule is COC(=O)c1nc(CCOCC=CCOC(C)=O)[nH]c(=O)c1OS(=O)(=O)c1ccccc1. The van der Waals surface area contributed by atoms with E-state index in [9.17, 15) is 22.8 Å². The summed E-state index contributed by atoms with van der Waals surface area (Å²) < 4.78 is 44.5. The Morgan fingerprint density at radius 1 is 1.12 bits per heavy atom. The topological polar surface area (TPSA) is 151 Å². The van der Waals surface area contributed by atoms with Gasteiger partial charge in [-0.25, -0.2) is 9.78 Å². The van der Waals surface area contributed by atoms with Crippen LogP contribution in [0.2, 0.25) is 0 Å². The summed E-state index contributed by atoms with van der Waals surface area (Å²) in [6, 6.07) is 7.13. The van der Waals surface area contributed by atoms with E-state index in [1.54, 1.807) is 18.2 Å². The molecule has 2 rings (SSSR count). The molecule has 0 aliphatic rings. The molecule has 0 saturated carbocycles. The number of ether oxygens (including phenoxy) is 3. The lowest BCUT2D eigenvalue weighted by atomic mass is 10.3. The highest BCUT2D eigenvalue weighted by atomic mass is 32.2. The number of hydrogen-bond acceptors (Lipinski definition) is 10. The number of carbonyl (C=O) groups is 2. The van der Waals surface area contributed by atoms with Crippen LogP contribution in [-0.4, -0.2) is 57.3 Å². The molecule has 1 heterocycles. The molecule has 0 radical (unpaired) electrons. The van der Waals surface area contributed by atoms with Crippen molar-refractivity contribution in [2.24, 2.45) is 0 Å². The van der Waals surface area contributed by atoms with Crippen LogP contribution in [-0.2, 0) is 35.5 Å². The maximum atomic E-state index is 12.5. The number of aromatic nitrogens is 2. The van der Waals surface area contributed by atoms with E-state index in [2.05, 4.69) is 14.7 Å². The summed E-state index contributed by atoms with van der Waals surface area (Å²) >= 11 is 0. The van der Waals surface area contributed by atoms with Gasteiger partial charge in [0.2, 0.25) is 5.75 Å². The van der Waals surface area contributed by atoms with Crippen molar-refractivity contribution in [1.82, 2.24) is 9.97 Å². The average molecular weight is 466 g/mol. The number of benzene rings is 1. The van der Waals surface area contributed by atoms with Crippen LogP contribution in [0.15, 0.2) is 52.2 Å². The van der Waals surface area contributed by atoms with Crippen molar-refractivity contribution in [2.75, 3.05) is 26.9 Å². The molecule has 1 N–H and O–H groups in total. The minimum Gasteiger partial charge on any atom is -0.464 e. The van der Waals surface area contributed by atoms with Crippen LogP contribution in [0.25, 0.3) is 0 Å². The van der Waals surface area contributed by atoms with Crippen LogP contribution in [0.5, 0.6) is 5.75 Å². The summed E-state index contributed by atoms with van der Waals surface area (Å²) in [6.07, 6.45) is 3.36. The lowest BCUT2D eigenvalue weighted by Crippen LogP contribution is -2.24. The molecule has 0 fully saturated rings. The monoisotopic (exact) mass is 466 g/mol. The van der Waals surface area contributed by atoms with Gasteiger partial charge in [0.05, 0.1) is 20.3 Å². The Morgan fingerprint density at radius 2 is 1.81 bits per heavy atom. The maximum absolute atomic E-state index is 12.5. The second kappa shape index (κ2) is 11.8. The van der Waals surface area contributed by atoms with Crippen molar-refractivity contribution in [3.8, 4) is 5.75 Å². The average Bonchev–Trinajstić information content (AvgIpc) is 2.77. The Hall–Kier alpha value is -3.51. The first-order valence-corrected chi connectivity index (χ1v) is 10.7. The van der Waals surface area contributed by atoms with Crippen LogP contribution in [0.4, 0.5) is 0 Å². The van der Waals surface area contributed by atoms with Crippen LogP contribution in [0.3, 0.4) is 0 Å². The minimum absolute atomic E-state index is 0.0729. The number of H-pyrrole nitrogens is 1. The summed E-state index contributed by atoms with van der Waals surface area (Å²) in [5.74, 6) is -2.15. The van der Waals surface area contributed by atoms with Crippen LogP contribution in [0, 0.1) is 0 Å². The molecule has 0 atom stereocenters. The zero-order valence-corrected chi connectivity index (χ0v) is 18.2. The molecule has 1 aromatic carbocycles. The third kappa shape index (κ3) is 7.32. The van der Waals surface area contributed by atoms with Crippen molar-refractivity contribution in [3.63, 3.8) is 0 Å². The Labute approximate surface area is 184 Å². The van der Waals surface area contributed by atoms with E-state index < -0.39 is 39.1 Å². The van der Waals surface area contributed by atoms with E-state index in [-0.39, 0.29) is 37.0 Å². The predicted octanol–water partition coefficient (Wildman–Crippen LogP) is 1.00. The van der Waals surface area contributed by atoms with Crippen molar-refractivity contribution >= 4 is 22.1 Å². The summed E-state index contributed by atoms with van der Waals surface area (Å²) in [5, 5.41) is 0. The van der Waals surface area contributed by atoms with Crippen LogP contribution >= 0.6 is 0 Å². The van der Waals surface area contributed by atoms with Gasteiger partial charge in [-0.3, -0.25) is 9.59 Å². The van der Waals surface area contributed by atoms with Gasteiger partial charge in [-0.15, -0.1) is 0 Å². The first kappa shape index (κ1) is 24.8. The smallest absolute Gasteiger partial charge is 0.360 e. The van der Waals surface area contributed by atoms with Crippen molar-refractivity contribution in [3.05, 3.63) is 64.4 Å². The van der Waals surface area contributed by atoms with Gasteiger partial charge in [0.15, 0.2) is 5.69 Å². The first-order chi connectivity index (χ1) is 15.2. The fourth-order valence-corrected chi connectivity index (χ4v) is 3.27. The fraction of sp³-hybridized carbons (Fsp3) is 0.300. The number of esters is 2. The van der Waals surface area contributed by atoms with Gasteiger partial charge in [0, 0.05) is 13.3 Å². The highest BCUT2D eigenvalue weighted by Gasteiger charge is 2.26. The number of aromatic amines is 1. The second-order valence-corrected chi connectivity index (χ2v) is 7.68. The Balaban J connectivity index is 2.11. The number of methoxy groups -OCH3 is 1. The maximum Gasteiger partial charge on any atom is 0.360 e. The molecule has 0 spiro atoms. The molecule has 0 aliphatic carbocycles. The van der Waals surface area contributed by atoms with Crippen molar-refractivity contribution in [1.29, 1.82) is 0 Å². The van der Waals surface area contributed by atoms with E-state index in [0.29, 0.717) is 0 Å². The standard InChI is InChI=1S/C20H22N2O9S/c1-14(23)30-12-7-6-11-29-13-10-16-21-17(20(25)28-2)18(19(24)22-16)31-32(26,27)15-8-4-3-5-9-15/h3-9H,10-13H2,1-2H3,(H,21,22,24). The normalized spacial score (nSPS) is 11.3. The van der Waals surface area contributed by atoms with E-state index in [4.69, 9.17) is 13.7 Å². The molecule has 0 saturated heterocycles. The molecule has 0 amide bonds. The molecular weight excluding hydrogens is 444 g/mol. The van der Waals surface area contributed by atoms with E-state index in [1.807, 2.05) is 0 Å². The van der Waals surface area contributed by atoms with Crippen LogP contribution in [0.1, 0.15) is 23.2 Å². The van der Waals surface area contributed by atoms with Gasteiger partial charge in [-0.1, -0.05) is 24.3 Å². The van der Waals surface area contributed by atoms with E-state index >= 15 is 0 Å². The van der Waals surface area contributed by atoms with Gasteiger partial charge in [0.25, 0.3) is 5.56 Å². The van der Waals surface area contributed by atoms with E-state index in [0.717, 1.165) is 7.11 Å². The van der Waals surface area contributed by atoms with E-state index in [1.165, 1.54) is 31.2 Å². The highest BCUT2D eigenvalue weighted by molar-refractivity contribution is 7.87. The predicted molar refractivity (Wildman–Crippen MR) is 111 cm³/mol. The number of carbonyl (C=O) groups excluding carboxylic acids is 2. The highest BCUT2D eigenvalue weighted by Crippen LogP contribution is 2.19. The largest absolute Gasteiger partial charge is 0.464 e. The second-order valence-electron chi connectivity index (χ2n) is 6.13. The lowest BCUT2D eigenvalue weighted by Gasteiger charge is -2.10. The zero-order valence-electron chi connectivity index (χ0n) is 17.4. The summed E-state index contributed by atoms with van der Waals surface area (Å²) in [7, 11) is -3.32. The van der Waals surface area contributed by atoms with Gasteiger partial charge >= 0.3 is 22.1 Å². The molecular formula is C20H22N2O9S. The van der Waals surface area contributed by atoms with Gasteiger partial charge in [0.1, 0.15) is 17.3 Å². The molecule has 1 aromatic heterocycles. The Bertz CT molecular complexity index is 1130. The molecule has 11 nitrogen and oxygen atoms in total. The van der Waals surface area contributed by atoms with Crippen molar-refractivity contribution in [2.45, 2.75) is 18.2 Å².